The molecule has 7 heteroatoms. The first-order valence-electron chi connectivity index (χ1n) is 5.62. The molecular formula is C10H16ClN3O2S. The van der Waals surface area contributed by atoms with Gasteiger partial charge in [0.15, 0.2) is 0 Å². The van der Waals surface area contributed by atoms with Gasteiger partial charge in [-0.3, -0.25) is 4.68 Å². The van der Waals surface area contributed by atoms with Crippen molar-refractivity contribution < 1.29 is 8.42 Å². The molecule has 1 aromatic rings. The third kappa shape index (κ3) is 2.48. The number of hydrogen-bond acceptors (Lipinski definition) is 3. The minimum atomic E-state index is -3.39. The lowest BCUT2D eigenvalue weighted by Crippen LogP contribution is -2.41. The summed E-state index contributed by atoms with van der Waals surface area (Å²) in [6.07, 6.45) is 5.93. The maximum absolute atomic E-state index is 12.2. The van der Waals surface area contributed by atoms with Crippen LogP contribution in [0.5, 0.6) is 0 Å². The second kappa shape index (κ2) is 4.96. The van der Waals surface area contributed by atoms with Gasteiger partial charge in [0.1, 0.15) is 4.90 Å². The molecular weight excluding hydrogens is 262 g/mol. The minimum Gasteiger partial charge on any atom is -0.270 e. The Kier molecular flexibility index (Phi) is 3.75. The van der Waals surface area contributed by atoms with Crippen LogP contribution in [0.15, 0.2) is 17.3 Å². The summed E-state index contributed by atoms with van der Waals surface area (Å²) in [5.74, 6) is 0.416. The molecule has 1 saturated carbocycles. The second-order valence-electron chi connectivity index (χ2n) is 4.23. The number of aromatic nitrogens is 2. The van der Waals surface area contributed by atoms with E-state index in [4.69, 9.17) is 11.6 Å². The zero-order valence-corrected chi connectivity index (χ0v) is 11.3. The quantitative estimate of drug-likeness (QED) is 0.762. The molecule has 2 rings (SSSR count). The number of aryl methyl sites for hydroxylation is 1. The SMILES string of the molecule is CN(C1CCC1)S(=O)(=O)c1cnn(CCCl)c1. The van der Waals surface area contributed by atoms with Gasteiger partial charge >= 0.3 is 0 Å². The first-order valence-corrected chi connectivity index (χ1v) is 7.59. The van der Waals surface area contributed by atoms with Crippen LogP contribution in [0, 0.1) is 0 Å². The summed E-state index contributed by atoms with van der Waals surface area (Å²) >= 11 is 5.58. The van der Waals surface area contributed by atoms with E-state index >= 15 is 0 Å². The Morgan fingerprint density at radius 1 is 1.59 bits per heavy atom. The Labute approximate surface area is 106 Å². The van der Waals surface area contributed by atoms with E-state index in [1.54, 1.807) is 11.7 Å². The average molecular weight is 278 g/mol. The Hall–Kier alpha value is -0.590. The number of halogens is 1. The molecule has 0 amide bonds. The van der Waals surface area contributed by atoms with Gasteiger partial charge in [-0.2, -0.15) is 9.40 Å². The zero-order valence-electron chi connectivity index (χ0n) is 9.71. The third-order valence-electron chi connectivity index (χ3n) is 3.19. The van der Waals surface area contributed by atoms with E-state index in [9.17, 15) is 8.42 Å². The number of alkyl halides is 1. The molecule has 5 nitrogen and oxygen atoms in total. The summed E-state index contributed by atoms with van der Waals surface area (Å²) in [5, 5.41) is 3.98. The predicted octanol–water partition coefficient (Wildman–Crippen LogP) is 1.29. The van der Waals surface area contributed by atoms with Crippen LogP contribution < -0.4 is 0 Å². The largest absolute Gasteiger partial charge is 0.270 e. The fourth-order valence-corrected chi connectivity index (χ4v) is 3.34. The van der Waals surface area contributed by atoms with Crippen LogP contribution in [0.25, 0.3) is 0 Å². The van der Waals surface area contributed by atoms with Gasteiger partial charge in [0.05, 0.1) is 12.7 Å². The van der Waals surface area contributed by atoms with Crippen molar-refractivity contribution in [2.75, 3.05) is 12.9 Å². The molecule has 1 aliphatic carbocycles. The van der Waals surface area contributed by atoms with Gasteiger partial charge in [-0.15, -0.1) is 11.6 Å². The van der Waals surface area contributed by atoms with Gasteiger partial charge in [0.2, 0.25) is 10.0 Å². The average Bonchev–Trinajstić information content (AvgIpc) is 2.64. The minimum absolute atomic E-state index is 0.149. The Bertz CT molecular complexity index is 481. The second-order valence-corrected chi connectivity index (χ2v) is 6.61. The van der Waals surface area contributed by atoms with E-state index in [1.807, 2.05) is 0 Å². The molecule has 0 bridgehead atoms. The van der Waals surface area contributed by atoms with E-state index in [0.717, 1.165) is 19.3 Å². The predicted molar refractivity (Wildman–Crippen MR) is 65.5 cm³/mol. The number of hydrogen-bond donors (Lipinski definition) is 0. The van der Waals surface area contributed by atoms with Crippen LogP contribution in [0.4, 0.5) is 0 Å². The van der Waals surface area contributed by atoms with E-state index in [2.05, 4.69) is 5.10 Å². The lowest BCUT2D eigenvalue weighted by molar-refractivity contribution is 0.249. The lowest BCUT2D eigenvalue weighted by Gasteiger charge is -2.33. The summed E-state index contributed by atoms with van der Waals surface area (Å²) in [7, 11) is -1.75. The van der Waals surface area contributed by atoms with Crippen LogP contribution >= 0.6 is 11.6 Å². The molecule has 0 atom stereocenters. The monoisotopic (exact) mass is 277 g/mol. The third-order valence-corrected chi connectivity index (χ3v) is 5.22. The number of sulfonamides is 1. The van der Waals surface area contributed by atoms with Crippen molar-refractivity contribution in [1.82, 2.24) is 14.1 Å². The van der Waals surface area contributed by atoms with Gasteiger partial charge < -0.3 is 0 Å². The Morgan fingerprint density at radius 2 is 2.29 bits per heavy atom. The topological polar surface area (TPSA) is 55.2 Å². The summed E-state index contributed by atoms with van der Waals surface area (Å²) < 4.78 is 27.5. The van der Waals surface area contributed by atoms with Gasteiger partial charge in [0, 0.05) is 25.2 Å². The first-order chi connectivity index (χ1) is 8.05. The van der Waals surface area contributed by atoms with Gasteiger partial charge in [-0.25, -0.2) is 8.42 Å². The Morgan fingerprint density at radius 3 is 2.82 bits per heavy atom. The molecule has 0 spiro atoms. The highest BCUT2D eigenvalue weighted by atomic mass is 35.5. The molecule has 0 N–H and O–H groups in total. The van der Waals surface area contributed by atoms with Crippen LogP contribution in [-0.2, 0) is 16.6 Å². The van der Waals surface area contributed by atoms with E-state index < -0.39 is 10.0 Å². The highest BCUT2D eigenvalue weighted by Gasteiger charge is 2.32. The fourth-order valence-electron chi connectivity index (χ4n) is 1.80. The summed E-state index contributed by atoms with van der Waals surface area (Å²) in [4.78, 5) is 0.247. The lowest BCUT2D eigenvalue weighted by atomic mass is 9.94. The normalized spacial score (nSPS) is 17.4. The summed E-state index contributed by atoms with van der Waals surface area (Å²) in [6.45, 7) is 0.518. The smallest absolute Gasteiger partial charge is 0.246 e. The van der Waals surface area contributed by atoms with Crippen molar-refractivity contribution in [3.8, 4) is 0 Å². The van der Waals surface area contributed by atoms with E-state index in [-0.39, 0.29) is 10.9 Å². The van der Waals surface area contributed by atoms with E-state index in [0.29, 0.717) is 12.4 Å². The molecule has 0 radical (unpaired) electrons. The molecule has 0 unspecified atom stereocenters. The molecule has 0 aliphatic heterocycles. The standard InChI is InChI=1S/C10H16ClN3O2S/c1-13(9-3-2-4-9)17(15,16)10-7-12-14(8-10)6-5-11/h7-9H,2-6H2,1H3. The highest BCUT2D eigenvalue weighted by molar-refractivity contribution is 7.89. The first kappa shape index (κ1) is 12.9. The van der Waals surface area contributed by atoms with Crippen molar-refractivity contribution in [1.29, 1.82) is 0 Å². The number of nitrogens with zero attached hydrogens (tertiary/aromatic N) is 3. The van der Waals surface area contributed by atoms with Crippen molar-refractivity contribution in [3.63, 3.8) is 0 Å². The molecule has 1 heterocycles. The molecule has 1 aromatic heterocycles. The molecule has 1 aliphatic rings. The maximum atomic E-state index is 12.2. The van der Waals surface area contributed by atoms with Gasteiger partial charge in [-0.05, 0) is 12.8 Å². The molecule has 0 aromatic carbocycles. The Balaban J connectivity index is 2.18. The van der Waals surface area contributed by atoms with Crippen LogP contribution in [0.1, 0.15) is 19.3 Å². The summed E-state index contributed by atoms with van der Waals surface area (Å²) in [6, 6.07) is 0.149. The fraction of sp³-hybridized carbons (Fsp3) is 0.700. The molecule has 0 saturated heterocycles. The molecule has 1 fully saturated rings. The summed E-state index contributed by atoms with van der Waals surface area (Å²) in [5.41, 5.74) is 0. The number of rotatable bonds is 5. The molecule has 17 heavy (non-hydrogen) atoms. The van der Waals surface area contributed by atoms with Crippen molar-refractivity contribution in [3.05, 3.63) is 12.4 Å². The zero-order chi connectivity index (χ0) is 12.5. The van der Waals surface area contributed by atoms with Crippen LogP contribution in [-0.4, -0.2) is 41.5 Å². The van der Waals surface area contributed by atoms with E-state index in [1.165, 1.54) is 16.7 Å². The van der Waals surface area contributed by atoms with Crippen molar-refractivity contribution >= 4 is 21.6 Å². The van der Waals surface area contributed by atoms with Crippen LogP contribution in [0.2, 0.25) is 0 Å². The van der Waals surface area contributed by atoms with Gasteiger partial charge in [0.25, 0.3) is 0 Å². The van der Waals surface area contributed by atoms with Crippen LogP contribution in [0.3, 0.4) is 0 Å². The highest BCUT2D eigenvalue weighted by Crippen LogP contribution is 2.28. The maximum Gasteiger partial charge on any atom is 0.246 e. The van der Waals surface area contributed by atoms with Crippen molar-refractivity contribution in [2.45, 2.75) is 36.7 Å². The van der Waals surface area contributed by atoms with Gasteiger partial charge in [-0.1, -0.05) is 6.42 Å². The molecule has 96 valence electrons. The van der Waals surface area contributed by atoms with Crippen molar-refractivity contribution in [2.24, 2.45) is 0 Å².